The van der Waals surface area contributed by atoms with Crippen molar-refractivity contribution in [1.29, 1.82) is 5.26 Å². The fourth-order valence-corrected chi connectivity index (χ4v) is 2.29. The first-order valence-corrected chi connectivity index (χ1v) is 7.16. The number of aromatic nitrogens is 2. The van der Waals surface area contributed by atoms with Gasteiger partial charge in [0, 0.05) is 25.0 Å². The lowest BCUT2D eigenvalue weighted by molar-refractivity contribution is 0.466. The number of hydrogen-bond donors (Lipinski definition) is 1. The highest BCUT2D eigenvalue weighted by molar-refractivity contribution is 5.93. The summed E-state index contributed by atoms with van der Waals surface area (Å²) in [6.45, 7) is 5.02. The van der Waals surface area contributed by atoms with Gasteiger partial charge in [0.05, 0.1) is 11.2 Å². The zero-order valence-electron chi connectivity index (χ0n) is 12.7. The van der Waals surface area contributed by atoms with Crippen LogP contribution in [-0.2, 0) is 0 Å². The van der Waals surface area contributed by atoms with Crippen LogP contribution in [0.1, 0.15) is 26.0 Å². The molecule has 2 rings (SSSR count). The number of nitrogens with two attached hydrogens (primary N) is 1. The highest BCUT2D eigenvalue weighted by Crippen LogP contribution is 2.27. The Morgan fingerprint density at radius 2 is 2.00 bits per heavy atom. The molecule has 0 bridgehead atoms. The molecule has 0 aliphatic carbocycles. The Balaban J connectivity index is 2.33. The van der Waals surface area contributed by atoms with Crippen LogP contribution in [-0.4, -0.2) is 29.8 Å². The third kappa shape index (κ3) is 3.29. The van der Waals surface area contributed by atoms with Crippen molar-refractivity contribution in [3.8, 4) is 6.07 Å². The zero-order valence-corrected chi connectivity index (χ0v) is 12.7. The molecular weight excluding hydrogens is 262 g/mol. The van der Waals surface area contributed by atoms with E-state index >= 15 is 0 Å². The lowest BCUT2D eigenvalue weighted by atomic mass is 10.0. The molecule has 0 saturated carbocycles. The first-order chi connectivity index (χ1) is 10.0. The van der Waals surface area contributed by atoms with E-state index in [4.69, 9.17) is 5.73 Å². The molecule has 1 atom stereocenters. The van der Waals surface area contributed by atoms with Gasteiger partial charge in [-0.1, -0.05) is 32.0 Å². The Bertz CT molecular complexity index is 659. The average Bonchev–Trinajstić information content (AvgIpc) is 2.50. The predicted octanol–water partition coefficient (Wildman–Crippen LogP) is 2.31. The summed E-state index contributed by atoms with van der Waals surface area (Å²) < 4.78 is 0. The number of rotatable bonds is 5. The maximum absolute atomic E-state index is 9.29. The highest BCUT2D eigenvalue weighted by Gasteiger charge is 2.16. The van der Waals surface area contributed by atoms with Crippen LogP contribution < -0.4 is 10.6 Å². The van der Waals surface area contributed by atoms with Crippen LogP contribution in [0.2, 0.25) is 0 Å². The number of fused-ring (bicyclic) bond motifs is 1. The molecule has 2 aromatic rings. The zero-order chi connectivity index (χ0) is 15.4. The normalized spacial score (nSPS) is 12.4. The maximum atomic E-state index is 9.29. The number of nitriles is 1. The second-order valence-electron chi connectivity index (χ2n) is 5.64. The van der Waals surface area contributed by atoms with E-state index in [-0.39, 0.29) is 6.04 Å². The van der Waals surface area contributed by atoms with E-state index in [2.05, 4.69) is 35.0 Å². The molecule has 0 fully saturated rings. The Labute approximate surface area is 125 Å². The summed E-state index contributed by atoms with van der Waals surface area (Å²) >= 11 is 0. The van der Waals surface area contributed by atoms with Crippen molar-refractivity contribution in [2.24, 2.45) is 11.7 Å². The van der Waals surface area contributed by atoms with Gasteiger partial charge in [-0.3, -0.25) is 0 Å². The smallest absolute Gasteiger partial charge is 0.186 e. The Morgan fingerprint density at radius 1 is 1.29 bits per heavy atom. The third-order valence-electron chi connectivity index (χ3n) is 3.78. The van der Waals surface area contributed by atoms with E-state index in [0.29, 0.717) is 11.6 Å². The number of hydrogen-bond acceptors (Lipinski definition) is 5. The molecule has 0 radical (unpaired) electrons. The summed E-state index contributed by atoms with van der Waals surface area (Å²) in [4.78, 5) is 2.05. The van der Waals surface area contributed by atoms with Gasteiger partial charge in [0.2, 0.25) is 0 Å². The first-order valence-electron chi connectivity index (χ1n) is 7.16. The van der Waals surface area contributed by atoms with E-state index in [9.17, 15) is 5.26 Å². The molecule has 5 nitrogen and oxygen atoms in total. The van der Waals surface area contributed by atoms with Gasteiger partial charge in [-0.2, -0.15) is 5.26 Å². The number of anilines is 1. The van der Waals surface area contributed by atoms with Crippen molar-refractivity contribution in [3.63, 3.8) is 0 Å². The molecule has 110 valence electrons. The van der Waals surface area contributed by atoms with Crippen molar-refractivity contribution < 1.29 is 0 Å². The second-order valence-corrected chi connectivity index (χ2v) is 5.64. The monoisotopic (exact) mass is 283 g/mol. The summed E-state index contributed by atoms with van der Waals surface area (Å²) in [5, 5.41) is 18.4. The maximum Gasteiger partial charge on any atom is 0.186 e. The van der Waals surface area contributed by atoms with E-state index in [0.717, 1.165) is 29.6 Å². The SMILES string of the molecule is CC(C)C(N)CCN(C)c1c(C#N)nnc2ccccc12. The number of nitrogens with zero attached hydrogens (tertiary/aromatic N) is 4. The molecular formula is C16H21N5. The van der Waals surface area contributed by atoms with E-state index < -0.39 is 0 Å². The van der Waals surface area contributed by atoms with Crippen LogP contribution in [0.15, 0.2) is 24.3 Å². The molecule has 1 aromatic carbocycles. The van der Waals surface area contributed by atoms with Crippen LogP contribution in [0.4, 0.5) is 5.69 Å². The van der Waals surface area contributed by atoms with Gasteiger partial charge in [0.15, 0.2) is 5.69 Å². The van der Waals surface area contributed by atoms with Gasteiger partial charge in [0.25, 0.3) is 0 Å². The minimum absolute atomic E-state index is 0.152. The van der Waals surface area contributed by atoms with Gasteiger partial charge in [-0.15, -0.1) is 10.2 Å². The Hall–Kier alpha value is -2.19. The minimum Gasteiger partial charge on any atom is -0.372 e. The molecule has 0 saturated heterocycles. The van der Waals surface area contributed by atoms with Crippen LogP contribution >= 0.6 is 0 Å². The average molecular weight is 283 g/mol. The summed E-state index contributed by atoms with van der Waals surface area (Å²) in [6.07, 6.45) is 0.871. The largest absolute Gasteiger partial charge is 0.372 e. The standard InChI is InChI=1S/C16H21N5/c1-11(2)13(18)8-9-21(3)16-12-6-4-5-7-14(12)19-20-15(16)10-17/h4-7,11,13H,8-9,18H2,1-3H3. The highest BCUT2D eigenvalue weighted by atomic mass is 15.2. The van der Waals surface area contributed by atoms with E-state index in [1.165, 1.54) is 0 Å². The Morgan fingerprint density at radius 3 is 2.67 bits per heavy atom. The first kappa shape index (κ1) is 15.2. The topological polar surface area (TPSA) is 78.8 Å². The molecule has 0 spiro atoms. The van der Waals surface area contributed by atoms with Gasteiger partial charge in [0.1, 0.15) is 6.07 Å². The molecule has 1 heterocycles. The quantitative estimate of drug-likeness (QED) is 0.911. The van der Waals surface area contributed by atoms with E-state index in [1.807, 2.05) is 31.3 Å². The van der Waals surface area contributed by atoms with Crippen molar-refractivity contribution in [3.05, 3.63) is 30.0 Å². The fraction of sp³-hybridized carbons (Fsp3) is 0.438. The van der Waals surface area contributed by atoms with Crippen LogP contribution in [0.3, 0.4) is 0 Å². The molecule has 21 heavy (non-hydrogen) atoms. The van der Waals surface area contributed by atoms with Gasteiger partial charge in [-0.25, -0.2) is 0 Å². The second kappa shape index (κ2) is 6.51. The van der Waals surface area contributed by atoms with Gasteiger partial charge >= 0.3 is 0 Å². The predicted molar refractivity (Wildman–Crippen MR) is 85.0 cm³/mol. The van der Waals surface area contributed by atoms with Crippen molar-refractivity contribution in [2.75, 3.05) is 18.5 Å². The molecule has 2 N–H and O–H groups in total. The van der Waals surface area contributed by atoms with Crippen LogP contribution in [0.5, 0.6) is 0 Å². The number of benzene rings is 1. The van der Waals surface area contributed by atoms with Gasteiger partial charge in [-0.05, 0) is 18.4 Å². The lowest BCUT2D eigenvalue weighted by Crippen LogP contribution is -2.32. The van der Waals surface area contributed by atoms with Crippen molar-refractivity contribution in [2.45, 2.75) is 26.3 Å². The summed E-state index contributed by atoms with van der Waals surface area (Å²) in [5.74, 6) is 0.446. The molecule has 0 aliphatic rings. The molecule has 1 aromatic heterocycles. The van der Waals surface area contributed by atoms with Crippen molar-refractivity contribution >= 4 is 16.6 Å². The molecule has 5 heteroatoms. The van der Waals surface area contributed by atoms with Crippen LogP contribution in [0, 0.1) is 17.2 Å². The summed E-state index contributed by atoms with van der Waals surface area (Å²) in [5.41, 5.74) is 8.09. The van der Waals surface area contributed by atoms with E-state index in [1.54, 1.807) is 0 Å². The molecule has 0 aliphatic heterocycles. The summed E-state index contributed by atoms with van der Waals surface area (Å²) in [6, 6.07) is 10.0. The van der Waals surface area contributed by atoms with Crippen molar-refractivity contribution in [1.82, 2.24) is 10.2 Å². The third-order valence-corrected chi connectivity index (χ3v) is 3.78. The van der Waals surface area contributed by atoms with Crippen LogP contribution in [0.25, 0.3) is 10.9 Å². The lowest BCUT2D eigenvalue weighted by Gasteiger charge is -2.24. The Kier molecular flexibility index (Phi) is 4.71. The fourth-order valence-electron chi connectivity index (χ4n) is 2.29. The molecule has 0 amide bonds. The molecule has 1 unspecified atom stereocenters. The minimum atomic E-state index is 0.152. The summed E-state index contributed by atoms with van der Waals surface area (Å²) in [7, 11) is 1.97. The van der Waals surface area contributed by atoms with Gasteiger partial charge < -0.3 is 10.6 Å².